The zero-order valence-electron chi connectivity index (χ0n) is 16.1. The van der Waals surface area contributed by atoms with Crippen LogP contribution in [-0.2, 0) is 6.54 Å². The Balaban J connectivity index is 1.65. The van der Waals surface area contributed by atoms with Gasteiger partial charge in [-0.1, -0.05) is 24.3 Å². The number of aliphatic imine (C=N–C) groups is 1. The van der Waals surface area contributed by atoms with E-state index in [9.17, 15) is 5.11 Å². The quantitative estimate of drug-likeness (QED) is 0.628. The summed E-state index contributed by atoms with van der Waals surface area (Å²) in [6.07, 6.45) is 0. The van der Waals surface area contributed by atoms with Gasteiger partial charge in [0.1, 0.15) is 11.5 Å². The molecule has 3 rings (SSSR count). The zero-order valence-corrected chi connectivity index (χ0v) is 16.1. The third-order valence-corrected chi connectivity index (χ3v) is 4.66. The number of rotatable bonds is 5. The first-order valence-electron chi connectivity index (χ1n) is 9.40. The molecule has 144 valence electrons. The molecule has 1 aliphatic rings. The smallest absolute Gasteiger partial charge is 0.194 e. The molecule has 0 atom stereocenters. The molecule has 0 aromatic heterocycles. The van der Waals surface area contributed by atoms with E-state index in [0.29, 0.717) is 6.54 Å². The largest absolute Gasteiger partial charge is 0.508 e. The molecule has 1 heterocycles. The molecule has 6 heteroatoms. The number of hydrogen-bond acceptors (Lipinski definition) is 4. The van der Waals surface area contributed by atoms with Gasteiger partial charge >= 0.3 is 0 Å². The number of hydrogen-bond donors (Lipinski definition) is 2. The van der Waals surface area contributed by atoms with Crippen molar-refractivity contribution in [2.24, 2.45) is 4.99 Å². The molecule has 2 N–H and O–H groups in total. The minimum Gasteiger partial charge on any atom is -0.508 e. The van der Waals surface area contributed by atoms with Crippen molar-refractivity contribution in [2.75, 3.05) is 44.7 Å². The normalized spacial score (nSPS) is 15.0. The van der Waals surface area contributed by atoms with Gasteiger partial charge in [-0.15, -0.1) is 0 Å². The van der Waals surface area contributed by atoms with Gasteiger partial charge in [-0.05, 0) is 36.8 Å². The standard InChI is InChI=1S/C21H28N4O2/c1-3-22-21(23-16-17-7-6-8-18(26)15-17)25-13-11-24(12-14-25)19-9-4-5-10-20(19)27-2/h4-10,15,26H,3,11-14,16H2,1-2H3,(H,22,23). The highest BCUT2D eigenvalue weighted by atomic mass is 16.5. The van der Waals surface area contributed by atoms with Gasteiger partial charge in [0.15, 0.2) is 5.96 Å². The van der Waals surface area contributed by atoms with Gasteiger partial charge < -0.3 is 25.0 Å². The van der Waals surface area contributed by atoms with Crippen LogP contribution in [0.25, 0.3) is 0 Å². The van der Waals surface area contributed by atoms with Crippen LogP contribution in [-0.4, -0.2) is 55.8 Å². The van der Waals surface area contributed by atoms with Gasteiger partial charge in [0.05, 0.1) is 19.3 Å². The highest BCUT2D eigenvalue weighted by Gasteiger charge is 2.21. The van der Waals surface area contributed by atoms with E-state index in [1.807, 2.05) is 30.3 Å². The number of phenolic OH excluding ortho intramolecular Hbond substituents is 1. The highest BCUT2D eigenvalue weighted by Crippen LogP contribution is 2.28. The molecule has 27 heavy (non-hydrogen) atoms. The van der Waals surface area contributed by atoms with Gasteiger partial charge in [-0.2, -0.15) is 0 Å². The molecular weight excluding hydrogens is 340 g/mol. The molecule has 0 spiro atoms. The second-order valence-electron chi connectivity index (χ2n) is 6.49. The van der Waals surface area contributed by atoms with E-state index in [2.05, 4.69) is 28.1 Å². The monoisotopic (exact) mass is 368 g/mol. The number of benzene rings is 2. The van der Waals surface area contributed by atoms with Crippen LogP contribution in [0.2, 0.25) is 0 Å². The third-order valence-electron chi connectivity index (χ3n) is 4.66. The summed E-state index contributed by atoms with van der Waals surface area (Å²) in [4.78, 5) is 9.40. The number of anilines is 1. The van der Waals surface area contributed by atoms with Crippen LogP contribution in [0.3, 0.4) is 0 Å². The van der Waals surface area contributed by atoms with Crippen molar-refractivity contribution >= 4 is 11.6 Å². The number of nitrogens with zero attached hydrogens (tertiary/aromatic N) is 3. The molecule has 2 aromatic carbocycles. The number of ether oxygens (including phenoxy) is 1. The number of phenols is 1. The van der Waals surface area contributed by atoms with Crippen molar-refractivity contribution in [3.05, 3.63) is 54.1 Å². The average molecular weight is 368 g/mol. The van der Waals surface area contributed by atoms with Crippen molar-refractivity contribution in [1.82, 2.24) is 10.2 Å². The molecule has 1 fully saturated rings. The summed E-state index contributed by atoms with van der Waals surface area (Å²) < 4.78 is 5.50. The van der Waals surface area contributed by atoms with Crippen molar-refractivity contribution in [2.45, 2.75) is 13.5 Å². The van der Waals surface area contributed by atoms with E-state index in [-0.39, 0.29) is 5.75 Å². The maximum atomic E-state index is 9.62. The van der Waals surface area contributed by atoms with Gasteiger partial charge in [0.25, 0.3) is 0 Å². The summed E-state index contributed by atoms with van der Waals surface area (Å²) in [5, 5.41) is 13.0. The molecular formula is C21H28N4O2. The van der Waals surface area contributed by atoms with Crippen molar-refractivity contribution in [3.63, 3.8) is 0 Å². The molecule has 2 aromatic rings. The molecule has 0 radical (unpaired) electrons. The molecule has 0 amide bonds. The van der Waals surface area contributed by atoms with Crippen LogP contribution in [0.5, 0.6) is 11.5 Å². The van der Waals surface area contributed by atoms with Gasteiger partial charge in [0.2, 0.25) is 0 Å². The lowest BCUT2D eigenvalue weighted by molar-refractivity contribution is 0.367. The van der Waals surface area contributed by atoms with Crippen LogP contribution in [0.15, 0.2) is 53.5 Å². The number of para-hydroxylation sites is 2. The summed E-state index contributed by atoms with van der Waals surface area (Å²) in [6, 6.07) is 15.4. The first-order chi connectivity index (χ1) is 13.2. The van der Waals surface area contributed by atoms with Crippen molar-refractivity contribution in [3.8, 4) is 11.5 Å². The lowest BCUT2D eigenvalue weighted by Crippen LogP contribution is -2.52. The van der Waals surface area contributed by atoms with E-state index >= 15 is 0 Å². The first kappa shape index (κ1) is 18.9. The molecule has 0 unspecified atom stereocenters. The van der Waals surface area contributed by atoms with E-state index in [1.165, 1.54) is 0 Å². The van der Waals surface area contributed by atoms with Crippen LogP contribution in [0.1, 0.15) is 12.5 Å². The van der Waals surface area contributed by atoms with Crippen molar-refractivity contribution in [1.29, 1.82) is 0 Å². The maximum Gasteiger partial charge on any atom is 0.194 e. The number of methoxy groups -OCH3 is 1. The second-order valence-corrected chi connectivity index (χ2v) is 6.49. The Labute approximate surface area is 161 Å². The van der Waals surface area contributed by atoms with E-state index in [4.69, 9.17) is 9.73 Å². The lowest BCUT2D eigenvalue weighted by atomic mass is 10.2. The minimum absolute atomic E-state index is 0.276. The predicted octanol–water partition coefficient (Wildman–Crippen LogP) is 2.69. The Hall–Kier alpha value is -2.89. The SMILES string of the molecule is CCNC(=NCc1cccc(O)c1)N1CCN(c2ccccc2OC)CC1. The topological polar surface area (TPSA) is 60.3 Å². The van der Waals surface area contributed by atoms with E-state index in [1.54, 1.807) is 19.2 Å². The second kappa shape index (κ2) is 9.16. The van der Waals surface area contributed by atoms with Gasteiger partial charge in [0, 0.05) is 32.7 Å². The number of nitrogens with one attached hydrogen (secondary N) is 1. The van der Waals surface area contributed by atoms with E-state index in [0.717, 1.165) is 55.7 Å². The molecule has 1 aliphatic heterocycles. The summed E-state index contributed by atoms with van der Waals surface area (Å²) in [7, 11) is 1.71. The maximum absolute atomic E-state index is 9.62. The molecule has 0 saturated carbocycles. The van der Waals surface area contributed by atoms with Crippen LogP contribution in [0.4, 0.5) is 5.69 Å². The average Bonchev–Trinajstić information content (AvgIpc) is 2.71. The fraction of sp³-hybridized carbons (Fsp3) is 0.381. The van der Waals surface area contributed by atoms with Gasteiger partial charge in [-0.3, -0.25) is 0 Å². The summed E-state index contributed by atoms with van der Waals surface area (Å²) in [5.74, 6) is 2.11. The Bertz CT molecular complexity index is 770. The molecule has 1 saturated heterocycles. The summed E-state index contributed by atoms with van der Waals surface area (Å²) in [6.45, 7) is 7.06. The minimum atomic E-state index is 0.276. The highest BCUT2D eigenvalue weighted by molar-refractivity contribution is 5.80. The lowest BCUT2D eigenvalue weighted by Gasteiger charge is -2.38. The molecule has 0 bridgehead atoms. The Morgan fingerprint density at radius 2 is 1.89 bits per heavy atom. The number of guanidine groups is 1. The number of piperazine rings is 1. The first-order valence-corrected chi connectivity index (χ1v) is 9.40. The van der Waals surface area contributed by atoms with Crippen LogP contribution < -0.4 is 15.0 Å². The fourth-order valence-electron chi connectivity index (χ4n) is 3.30. The predicted molar refractivity (Wildman–Crippen MR) is 110 cm³/mol. The van der Waals surface area contributed by atoms with Crippen LogP contribution >= 0.6 is 0 Å². The Morgan fingerprint density at radius 3 is 2.59 bits per heavy atom. The summed E-state index contributed by atoms with van der Waals surface area (Å²) in [5.41, 5.74) is 2.14. The molecule has 0 aliphatic carbocycles. The fourth-order valence-corrected chi connectivity index (χ4v) is 3.30. The van der Waals surface area contributed by atoms with Crippen LogP contribution in [0, 0.1) is 0 Å². The third kappa shape index (κ3) is 4.84. The van der Waals surface area contributed by atoms with Gasteiger partial charge in [-0.25, -0.2) is 4.99 Å². The summed E-state index contributed by atoms with van der Waals surface area (Å²) >= 11 is 0. The van der Waals surface area contributed by atoms with E-state index < -0.39 is 0 Å². The Morgan fingerprint density at radius 1 is 1.11 bits per heavy atom. The van der Waals surface area contributed by atoms with Crippen molar-refractivity contribution < 1.29 is 9.84 Å². The Kier molecular flexibility index (Phi) is 6.41. The number of aromatic hydroxyl groups is 1. The molecule has 6 nitrogen and oxygen atoms in total. The zero-order chi connectivity index (χ0) is 19.1.